The van der Waals surface area contributed by atoms with Crippen LogP contribution in [0.1, 0.15) is 36.8 Å². The molecule has 0 spiro atoms. The van der Waals surface area contributed by atoms with Crippen LogP contribution >= 0.6 is 0 Å². The summed E-state index contributed by atoms with van der Waals surface area (Å²) in [5.41, 5.74) is -0.754. The average molecular weight is 477 g/mol. The minimum absolute atomic E-state index is 0.110. The highest BCUT2D eigenvalue weighted by atomic mass is 19.4. The Morgan fingerprint density at radius 3 is 2.62 bits per heavy atom. The molecule has 0 aliphatic carbocycles. The number of nitrogens with one attached hydrogen (secondary N) is 3. The van der Waals surface area contributed by atoms with Crippen molar-refractivity contribution in [1.29, 1.82) is 0 Å². The number of aryl methyl sites for hydroxylation is 1. The third-order valence-corrected chi connectivity index (χ3v) is 4.72. The van der Waals surface area contributed by atoms with E-state index in [1.807, 2.05) is 0 Å². The van der Waals surface area contributed by atoms with Gasteiger partial charge in [0.1, 0.15) is 0 Å². The van der Waals surface area contributed by atoms with Gasteiger partial charge >= 0.3 is 12.2 Å². The Bertz CT molecular complexity index is 1260. The highest BCUT2D eigenvalue weighted by molar-refractivity contribution is 6.00. The van der Waals surface area contributed by atoms with Gasteiger partial charge in [-0.3, -0.25) is 4.79 Å². The summed E-state index contributed by atoms with van der Waals surface area (Å²) in [4.78, 5) is 35.1. The summed E-state index contributed by atoms with van der Waals surface area (Å²) >= 11 is 0. The van der Waals surface area contributed by atoms with E-state index in [9.17, 15) is 27.9 Å². The number of carbonyl (C=O) groups excluding carboxylic acids is 1. The fourth-order valence-electron chi connectivity index (χ4n) is 3.11. The van der Waals surface area contributed by atoms with Crippen LogP contribution in [-0.4, -0.2) is 32.7 Å². The van der Waals surface area contributed by atoms with Gasteiger partial charge in [0, 0.05) is 17.4 Å². The number of pyridine rings is 1. The molecular formula is C22H22F3N5O4. The van der Waals surface area contributed by atoms with Crippen molar-refractivity contribution >= 4 is 17.4 Å². The molecule has 9 nitrogen and oxygen atoms in total. The van der Waals surface area contributed by atoms with E-state index >= 15 is 0 Å². The van der Waals surface area contributed by atoms with Crippen molar-refractivity contribution in [2.45, 2.75) is 33.1 Å². The highest BCUT2D eigenvalue weighted by Crippen LogP contribution is 2.36. The molecule has 2 amide bonds. The summed E-state index contributed by atoms with van der Waals surface area (Å²) in [7, 11) is 0. The van der Waals surface area contributed by atoms with Crippen molar-refractivity contribution in [3.63, 3.8) is 0 Å². The number of aliphatic hydroxyl groups is 1. The van der Waals surface area contributed by atoms with Crippen molar-refractivity contribution in [3.05, 3.63) is 63.8 Å². The number of alkyl halides is 3. The van der Waals surface area contributed by atoms with Crippen LogP contribution in [-0.2, 0) is 6.18 Å². The van der Waals surface area contributed by atoms with Crippen LogP contribution in [0.5, 0.6) is 5.75 Å². The lowest BCUT2D eigenvalue weighted by Crippen LogP contribution is -2.21. The molecule has 2 heterocycles. The number of ether oxygens (including phenoxy) is 1. The molecule has 180 valence electrons. The van der Waals surface area contributed by atoms with E-state index in [4.69, 9.17) is 4.74 Å². The van der Waals surface area contributed by atoms with Gasteiger partial charge in [-0.2, -0.15) is 13.2 Å². The van der Waals surface area contributed by atoms with Gasteiger partial charge in [-0.05, 0) is 44.5 Å². The minimum Gasteiger partial charge on any atom is -0.488 e. The number of aliphatic hydroxyl groups excluding tert-OH is 1. The highest BCUT2D eigenvalue weighted by Gasteiger charge is 2.34. The van der Waals surface area contributed by atoms with Crippen molar-refractivity contribution < 1.29 is 27.8 Å². The topological polar surface area (TPSA) is 129 Å². The molecule has 0 aliphatic heterocycles. The molecular weight excluding hydrogens is 455 g/mol. The zero-order valence-electron chi connectivity index (χ0n) is 18.4. The van der Waals surface area contributed by atoms with Crippen molar-refractivity contribution in [2.24, 2.45) is 0 Å². The summed E-state index contributed by atoms with van der Waals surface area (Å²) in [6.45, 7) is 4.87. The standard InChI is InChI=1S/C22H22F3N5O4/c1-4-34-18-7-13(9-27-20(18)32)19-26-10-17(11(2)28-19)30-21(33)29-14-5-6-15(12(3)31)16(8-14)22(23,24)25/h5-10,12,31H,4H2,1-3H3,(H,27,32)(H2,29,30,33). The summed E-state index contributed by atoms with van der Waals surface area (Å²) in [6, 6.07) is 3.80. The summed E-state index contributed by atoms with van der Waals surface area (Å²) in [5.74, 6) is 0.381. The fraction of sp³-hybridized carbons (Fsp3) is 0.273. The van der Waals surface area contributed by atoms with E-state index in [1.165, 1.54) is 31.5 Å². The number of benzene rings is 1. The number of nitrogens with zero attached hydrogens (tertiary/aromatic N) is 2. The maximum absolute atomic E-state index is 13.3. The van der Waals surface area contributed by atoms with Gasteiger partial charge < -0.3 is 25.5 Å². The smallest absolute Gasteiger partial charge is 0.416 e. The Morgan fingerprint density at radius 2 is 2.00 bits per heavy atom. The van der Waals surface area contributed by atoms with Gasteiger partial charge in [0.05, 0.1) is 35.9 Å². The van der Waals surface area contributed by atoms with Crippen LogP contribution in [0.15, 0.2) is 41.5 Å². The number of urea groups is 1. The fourth-order valence-corrected chi connectivity index (χ4v) is 3.11. The molecule has 2 aromatic heterocycles. The molecule has 1 unspecified atom stereocenters. The second-order valence-corrected chi connectivity index (χ2v) is 7.26. The maximum Gasteiger partial charge on any atom is 0.416 e. The molecule has 4 N–H and O–H groups in total. The first-order valence-electron chi connectivity index (χ1n) is 10.2. The molecule has 0 saturated carbocycles. The van der Waals surface area contributed by atoms with Crippen molar-refractivity contribution in [3.8, 4) is 17.1 Å². The second-order valence-electron chi connectivity index (χ2n) is 7.26. The van der Waals surface area contributed by atoms with Gasteiger partial charge in [-0.25, -0.2) is 14.8 Å². The van der Waals surface area contributed by atoms with E-state index in [1.54, 1.807) is 13.8 Å². The molecule has 34 heavy (non-hydrogen) atoms. The van der Waals surface area contributed by atoms with E-state index in [0.717, 1.165) is 12.1 Å². The maximum atomic E-state index is 13.3. The average Bonchev–Trinajstić information content (AvgIpc) is 2.76. The first-order chi connectivity index (χ1) is 16.0. The summed E-state index contributed by atoms with van der Waals surface area (Å²) in [5, 5.41) is 14.4. The number of carbonyl (C=O) groups is 1. The summed E-state index contributed by atoms with van der Waals surface area (Å²) < 4.78 is 45.2. The zero-order chi connectivity index (χ0) is 25.0. The predicted molar refractivity (Wildman–Crippen MR) is 119 cm³/mol. The molecule has 0 saturated heterocycles. The quantitative estimate of drug-likeness (QED) is 0.420. The Balaban J connectivity index is 1.77. The third-order valence-electron chi connectivity index (χ3n) is 4.72. The van der Waals surface area contributed by atoms with Crippen LogP contribution in [0.3, 0.4) is 0 Å². The monoisotopic (exact) mass is 477 g/mol. The van der Waals surface area contributed by atoms with Crippen molar-refractivity contribution in [2.75, 3.05) is 17.2 Å². The molecule has 3 rings (SSSR count). The molecule has 12 heteroatoms. The number of aromatic nitrogens is 3. The molecule has 0 bridgehead atoms. The molecule has 0 fully saturated rings. The number of hydrogen-bond acceptors (Lipinski definition) is 6. The van der Waals surface area contributed by atoms with E-state index in [0.29, 0.717) is 17.9 Å². The Morgan fingerprint density at radius 1 is 1.26 bits per heavy atom. The SMILES string of the molecule is CCOc1cc(-c2ncc(NC(=O)Nc3ccc(C(C)O)c(C(F)(F)F)c3)c(C)n2)c[nH]c1=O. The number of H-pyrrole nitrogens is 1. The molecule has 1 atom stereocenters. The third kappa shape index (κ3) is 5.70. The largest absolute Gasteiger partial charge is 0.488 e. The van der Waals surface area contributed by atoms with Crippen LogP contribution in [0.4, 0.5) is 29.3 Å². The lowest BCUT2D eigenvalue weighted by molar-refractivity contribution is -0.139. The number of rotatable bonds is 6. The second kappa shape index (κ2) is 9.91. The van der Waals surface area contributed by atoms with E-state index < -0.39 is 29.4 Å². The Hall–Kier alpha value is -3.93. The molecule has 3 aromatic rings. The molecule has 1 aromatic carbocycles. The first-order valence-corrected chi connectivity index (χ1v) is 10.2. The minimum atomic E-state index is -4.70. The van der Waals surface area contributed by atoms with Crippen LogP contribution in [0.2, 0.25) is 0 Å². The van der Waals surface area contributed by atoms with Gasteiger partial charge in [0.25, 0.3) is 5.56 Å². The number of hydrogen-bond donors (Lipinski definition) is 4. The van der Waals surface area contributed by atoms with E-state index in [-0.39, 0.29) is 28.5 Å². The van der Waals surface area contributed by atoms with Crippen LogP contribution in [0.25, 0.3) is 11.4 Å². The first kappa shape index (κ1) is 24.7. The van der Waals surface area contributed by atoms with Crippen LogP contribution in [0, 0.1) is 6.92 Å². The summed E-state index contributed by atoms with van der Waals surface area (Å²) in [6.07, 6.45) is -3.27. The molecule has 0 aliphatic rings. The lowest BCUT2D eigenvalue weighted by Gasteiger charge is -2.17. The number of aromatic amines is 1. The van der Waals surface area contributed by atoms with Gasteiger partial charge in [-0.15, -0.1) is 0 Å². The predicted octanol–water partition coefficient (Wildman–Crippen LogP) is 4.26. The van der Waals surface area contributed by atoms with Crippen LogP contribution < -0.4 is 20.9 Å². The van der Waals surface area contributed by atoms with Crippen molar-refractivity contribution in [1.82, 2.24) is 15.0 Å². The zero-order valence-corrected chi connectivity index (χ0v) is 18.4. The number of halogens is 3. The van der Waals surface area contributed by atoms with Gasteiger partial charge in [0.15, 0.2) is 11.6 Å². The Kier molecular flexibility index (Phi) is 7.20. The van der Waals surface area contributed by atoms with Gasteiger partial charge in [0.2, 0.25) is 0 Å². The number of amides is 2. The normalized spacial score (nSPS) is 12.2. The van der Waals surface area contributed by atoms with Gasteiger partial charge in [-0.1, -0.05) is 6.07 Å². The van der Waals surface area contributed by atoms with E-state index in [2.05, 4.69) is 25.6 Å². The molecule has 0 radical (unpaired) electrons. The Labute approximate surface area is 192 Å². The number of anilines is 2. The lowest BCUT2D eigenvalue weighted by atomic mass is 10.0.